The van der Waals surface area contributed by atoms with E-state index in [2.05, 4.69) is 4.72 Å². The molecular formula is C17H17N3O3S. The molecule has 6 nitrogen and oxygen atoms in total. The van der Waals surface area contributed by atoms with E-state index in [9.17, 15) is 13.2 Å². The lowest BCUT2D eigenvalue weighted by molar-refractivity contribution is 0.601. The largest absolute Gasteiger partial charge is 0.399 e. The van der Waals surface area contributed by atoms with Crippen LogP contribution >= 0.6 is 0 Å². The van der Waals surface area contributed by atoms with Crippen LogP contribution in [0.3, 0.4) is 0 Å². The monoisotopic (exact) mass is 343 g/mol. The summed E-state index contributed by atoms with van der Waals surface area (Å²) in [6, 6.07) is 12.9. The molecule has 2 aromatic carbocycles. The van der Waals surface area contributed by atoms with Crippen LogP contribution in [0, 0.1) is 6.92 Å². The molecule has 3 N–H and O–H groups in total. The molecule has 0 amide bonds. The van der Waals surface area contributed by atoms with Gasteiger partial charge in [0.2, 0.25) is 0 Å². The Bertz CT molecular complexity index is 1100. The highest BCUT2D eigenvalue weighted by molar-refractivity contribution is 7.92. The third-order valence-corrected chi connectivity index (χ3v) is 5.20. The number of rotatable bonds is 3. The maximum absolute atomic E-state index is 12.5. The van der Waals surface area contributed by atoms with E-state index in [0.717, 1.165) is 10.9 Å². The lowest BCUT2D eigenvalue weighted by Gasteiger charge is -2.11. The van der Waals surface area contributed by atoms with Crippen LogP contribution < -0.4 is 16.0 Å². The SMILES string of the molecule is Cc1cc2cc(NS(=O)(=O)c3cccc(N)c3)ccc2n(C)c1=O. The molecule has 0 saturated heterocycles. The highest BCUT2D eigenvalue weighted by Gasteiger charge is 2.15. The summed E-state index contributed by atoms with van der Waals surface area (Å²) in [5.41, 5.74) is 7.70. The normalized spacial score (nSPS) is 11.6. The molecule has 0 saturated carbocycles. The predicted octanol–water partition coefficient (Wildman–Crippen LogP) is 2.23. The molecule has 0 fully saturated rings. The molecule has 0 unspecified atom stereocenters. The third kappa shape index (κ3) is 2.85. The number of nitrogens with zero attached hydrogens (tertiary/aromatic N) is 1. The first kappa shape index (κ1) is 16.1. The molecule has 24 heavy (non-hydrogen) atoms. The number of benzene rings is 2. The summed E-state index contributed by atoms with van der Waals surface area (Å²) in [4.78, 5) is 12.0. The van der Waals surface area contributed by atoms with E-state index < -0.39 is 10.0 Å². The van der Waals surface area contributed by atoms with Crippen molar-refractivity contribution in [3.05, 3.63) is 64.4 Å². The molecule has 0 radical (unpaired) electrons. The van der Waals surface area contributed by atoms with E-state index in [4.69, 9.17) is 5.73 Å². The van der Waals surface area contributed by atoms with Crippen LogP contribution in [0.15, 0.2) is 58.2 Å². The molecule has 0 atom stereocenters. The lowest BCUT2D eigenvalue weighted by Crippen LogP contribution is -2.19. The first-order chi connectivity index (χ1) is 11.3. The molecule has 0 aliphatic rings. The highest BCUT2D eigenvalue weighted by atomic mass is 32.2. The zero-order chi connectivity index (χ0) is 17.5. The summed E-state index contributed by atoms with van der Waals surface area (Å²) in [6.07, 6.45) is 0. The number of nitrogen functional groups attached to an aromatic ring is 1. The van der Waals surface area contributed by atoms with Gasteiger partial charge in [0.15, 0.2) is 0 Å². The molecule has 7 heteroatoms. The van der Waals surface area contributed by atoms with Crippen molar-refractivity contribution >= 4 is 32.3 Å². The standard InChI is InChI=1S/C17H17N3O3S/c1-11-8-12-9-14(6-7-16(12)20(2)17(11)21)19-24(22,23)15-5-3-4-13(18)10-15/h3-10,19H,18H2,1-2H3. The van der Waals surface area contributed by atoms with E-state index in [1.165, 1.54) is 12.1 Å². The van der Waals surface area contributed by atoms with Gasteiger partial charge in [-0.2, -0.15) is 0 Å². The first-order valence-electron chi connectivity index (χ1n) is 7.27. The fourth-order valence-corrected chi connectivity index (χ4v) is 3.71. The quantitative estimate of drug-likeness (QED) is 0.713. The van der Waals surface area contributed by atoms with Crippen LogP contribution in [-0.4, -0.2) is 13.0 Å². The van der Waals surface area contributed by atoms with Crippen LogP contribution in [-0.2, 0) is 17.1 Å². The number of aromatic nitrogens is 1. The van der Waals surface area contributed by atoms with Gasteiger partial charge in [0, 0.05) is 29.4 Å². The fourth-order valence-electron chi connectivity index (χ4n) is 2.60. The summed E-state index contributed by atoms with van der Waals surface area (Å²) in [5, 5.41) is 0.780. The number of fused-ring (bicyclic) bond motifs is 1. The molecule has 3 aromatic rings. The van der Waals surface area contributed by atoms with Gasteiger partial charge in [0.05, 0.1) is 10.4 Å². The second-order valence-corrected chi connectivity index (χ2v) is 7.33. The molecule has 0 spiro atoms. The third-order valence-electron chi connectivity index (χ3n) is 3.82. The smallest absolute Gasteiger partial charge is 0.261 e. The molecule has 1 aromatic heterocycles. The van der Waals surface area contributed by atoms with Crippen LogP contribution in [0.5, 0.6) is 0 Å². The van der Waals surface area contributed by atoms with E-state index in [1.54, 1.807) is 54.9 Å². The van der Waals surface area contributed by atoms with Crippen LogP contribution in [0.1, 0.15) is 5.56 Å². The van der Waals surface area contributed by atoms with Crippen molar-refractivity contribution in [2.45, 2.75) is 11.8 Å². The maximum atomic E-state index is 12.5. The van der Waals surface area contributed by atoms with Gasteiger partial charge >= 0.3 is 0 Å². The van der Waals surface area contributed by atoms with Gasteiger partial charge in [0.25, 0.3) is 15.6 Å². The summed E-state index contributed by atoms with van der Waals surface area (Å²) in [6.45, 7) is 1.73. The van der Waals surface area contributed by atoms with Gasteiger partial charge in [-0.05, 0) is 49.4 Å². The summed E-state index contributed by atoms with van der Waals surface area (Å²) < 4.78 is 29.0. The Morgan fingerprint density at radius 3 is 2.54 bits per heavy atom. The lowest BCUT2D eigenvalue weighted by atomic mass is 10.1. The Kier molecular flexibility index (Phi) is 3.81. The van der Waals surface area contributed by atoms with Crippen molar-refractivity contribution in [2.75, 3.05) is 10.5 Å². The van der Waals surface area contributed by atoms with E-state index in [-0.39, 0.29) is 10.5 Å². The number of hydrogen-bond donors (Lipinski definition) is 2. The van der Waals surface area contributed by atoms with Crippen molar-refractivity contribution in [1.82, 2.24) is 4.57 Å². The zero-order valence-electron chi connectivity index (χ0n) is 13.3. The number of anilines is 2. The number of pyridine rings is 1. The van der Waals surface area contributed by atoms with Gasteiger partial charge < -0.3 is 10.3 Å². The molecule has 0 bridgehead atoms. The topological polar surface area (TPSA) is 94.2 Å². The Morgan fingerprint density at radius 2 is 1.83 bits per heavy atom. The number of nitrogens with one attached hydrogen (secondary N) is 1. The minimum atomic E-state index is -3.73. The van der Waals surface area contributed by atoms with E-state index in [0.29, 0.717) is 16.9 Å². The van der Waals surface area contributed by atoms with Gasteiger partial charge in [-0.25, -0.2) is 8.42 Å². The number of aryl methyl sites for hydroxylation is 2. The first-order valence-corrected chi connectivity index (χ1v) is 8.75. The molecule has 124 valence electrons. The van der Waals surface area contributed by atoms with Crippen molar-refractivity contribution in [3.8, 4) is 0 Å². The molecule has 0 aliphatic heterocycles. The average molecular weight is 343 g/mol. The predicted molar refractivity (Wildman–Crippen MR) is 95.6 cm³/mol. The number of nitrogens with two attached hydrogens (primary N) is 1. The molecular weight excluding hydrogens is 326 g/mol. The van der Waals surface area contributed by atoms with Crippen molar-refractivity contribution in [3.63, 3.8) is 0 Å². The van der Waals surface area contributed by atoms with Crippen molar-refractivity contribution < 1.29 is 8.42 Å². The van der Waals surface area contributed by atoms with Gasteiger partial charge in [-0.1, -0.05) is 6.07 Å². The molecule has 3 rings (SSSR count). The Hall–Kier alpha value is -2.80. The van der Waals surface area contributed by atoms with Crippen molar-refractivity contribution in [1.29, 1.82) is 0 Å². The van der Waals surface area contributed by atoms with Crippen LogP contribution in [0.2, 0.25) is 0 Å². The summed E-state index contributed by atoms with van der Waals surface area (Å²) in [7, 11) is -2.04. The minimum absolute atomic E-state index is 0.0735. The highest BCUT2D eigenvalue weighted by Crippen LogP contribution is 2.22. The number of hydrogen-bond acceptors (Lipinski definition) is 4. The van der Waals surface area contributed by atoms with E-state index >= 15 is 0 Å². The Labute approximate surface area is 139 Å². The van der Waals surface area contributed by atoms with Crippen LogP contribution in [0.25, 0.3) is 10.9 Å². The second-order valence-electron chi connectivity index (χ2n) is 5.64. The zero-order valence-corrected chi connectivity index (χ0v) is 14.1. The Morgan fingerprint density at radius 1 is 1.08 bits per heavy atom. The second kappa shape index (κ2) is 5.68. The Balaban J connectivity index is 2.05. The van der Waals surface area contributed by atoms with Gasteiger partial charge in [-0.15, -0.1) is 0 Å². The summed E-state index contributed by atoms with van der Waals surface area (Å²) >= 11 is 0. The van der Waals surface area contributed by atoms with Crippen molar-refractivity contribution in [2.24, 2.45) is 7.05 Å². The molecule has 0 aliphatic carbocycles. The van der Waals surface area contributed by atoms with E-state index in [1.807, 2.05) is 0 Å². The summed E-state index contributed by atoms with van der Waals surface area (Å²) in [5.74, 6) is 0. The fraction of sp³-hybridized carbons (Fsp3) is 0.118. The van der Waals surface area contributed by atoms with Crippen LogP contribution in [0.4, 0.5) is 11.4 Å². The van der Waals surface area contributed by atoms with Gasteiger partial charge in [-0.3, -0.25) is 9.52 Å². The molecule has 1 heterocycles. The maximum Gasteiger partial charge on any atom is 0.261 e. The minimum Gasteiger partial charge on any atom is -0.399 e. The van der Waals surface area contributed by atoms with Gasteiger partial charge in [0.1, 0.15) is 0 Å². The average Bonchev–Trinajstić information content (AvgIpc) is 2.52. The number of sulfonamides is 1.